The van der Waals surface area contributed by atoms with E-state index >= 15 is 0 Å². The first-order valence-electron chi connectivity index (χ1n) is 4.76. The molecule has 0 N–H and O–H groups in total. The molecule has 0 atom stereocenters. The van der Waals surface area contributed by atoms with Gasteiger partial charge in [-0.25, -0.2) is 9.97 Å². The van der Waals surface area contributed by atoms with Crippen molar-refractivity contribution in [1.82, 2.24) is 14.5 Å². The minimum atomic E-state index is -0.0457. The molecule has 4 nitrogen and oxygen atoms in total. The summed E-state index contributed by atoms with van der Waals surface area (Å²) in [6.45, 7) is 6.27. The Morgan fingerprint density at radius 1 is 1.33 bits per heavy atom. The van der Waals surface area contributed by atoms with E-state index in [4.69, 9.17) is 5.26 Å². The Morgan fingerprint density at radius 2 is 2.07 bits per heavy atom. The van der Waals surface area contributed by atoms with Crippen molar-refractivity contribution in [2.24, 2.45) is 0 Å². The summed E-state index contributed by atoms with van der Waals surface area (Å²) in [6, 6.07) is 3.81. The summed E-state index contributed by atoms with van der Waals surface area (Å²) < 4.78 is 2.00. The van der Waals surface area contributed by atoms with Gasteiger partial charge in [0.1, 0.15) is 11.6 Å². The molecule has 0 aliphatic rings. The summed E-state index contributed by atoms with van der Waals surface area (Å²) >= 11 is 0. The first kappa shape index (κ1) is 9.66. The monoisotopic (exact) mass is 200 g/mol. The van der Waals surface area contributed by atoms with Gasteiger partial charge < -0.3 is 4.57 Å². The summed E-state index contributed by atoms with van der Waals surface area (Å²) in [5.41, 5.74) is 2.09. The van der Waals surface area contributed by atoms with E-state index in [2.05, 4.69) is 36.8 Å². The predicted molar refractivity (Wildman–Crippen MR) is 57.2 cm³/mol. The zero-order chi connectivity index (χ0) is 11.1. The van der Waals surface area contributed by atoms with Crippen LogP contribution < -0.4 is 0 Å². The Labute approximate surface area is 88.2 Å². The lowest BCUT2D eigenvalue weighted by Gasteiger charge is -2.20. The molecule has 0 radical (unpaired) electrons. The average Bonchev–Trinajstić information content (AvgIpc) is 2.59. The normalized spacial score (nSPS) is 11.6. The summed E-state index contributed by atoms with van der Waals surface area (Å²) in [5.74, 6) is 0. The van der Waals surface area contributed by atoms with Gasteiger partial charge >= 0.3 is 0 Å². The Morgan fingerprint density at radius 3 is 2.67 bits per heavy atom. The number of nitrogens with zero attached hydrogens (tertiary/aromatic N) is 4. The Balaban J connectivity index is 2.69. The molecule has 2 aromatic rings. The molecule has 0 spiro atoms. The highest BCUT2D eigenvalue weighted by Gasteiger charge is 2.16. The molecular weight excluding hydrogens is 188 g/mol. The van der Waals surface area contributed by atoms with Crippen LogP contribution in [-0.4, -0.2) is 14.5 Å². The third kappa shape index (κ3) is 1.57. The maximum atomic E-state index is 8.74. The molecule has 0 saturated carbocycles. The number of fused-ring (bicyclic) bond motifs is 1. The second-order valence-corrected chi connectivity index (χ2v) is 4.46. The van der Waals surface area contributed by atoms with Gasteiger partial charge in [0.15, 0.2) is 5.65 Å². The first-order chi connectivity index (χ1) is 7.02. The van der Waals surface area contributed by atoms with Crippen LogP contribution in [0.1, 0.15) is 26.3 Å². The molecule has 0 aliphatic carbocycles. The van der Waals surface area contributed by atoms with Crippen LogP contribution in [0.5, 0.6) is 0 Å². The van der Waals surface area contributed by atoms with Gasteiger partial charge in [0.05, 0.1) is 11.9 Å². The van der Waals surface area contributed by atoms with Crippen molar-refractivity contribution in [3.63, 3.8) is 0 Å². The number of rotatable bonds is 0. The fourth-order valence-corrected chi connectivity index (χ4v) is 1.45. The fraction of sp³-hybridized carbons (Fsp3) is 0.364. The number of nitriles is 1. The highest BCUT2D eigenvalue weighted by Crippen LogP contribution is 2.20. The predicted octanol–water partition coefficient (Wildman–Crippen LogP) is 2.06. The van der Waals surface area contributed by atoms with Gasteiger partial charge in [0.2, 0.25) is 0 Å². The fourth-order valence-electron chi connectivity index (χ4n) is 1.45. The van der Waals surface area contributed by atoms with E-state index in [0.29, 0.717) is 5.56 Å². The molecule has 0 aromatic carbocycles. The van der Waals surface area contributed by atoms with Gasteiger partial charge in [-0.05, 0) is 26.8 Å². The summed E-state index contributed by atoms with van der Waals surface area (Å²) in [7, 11) is 0. The number of hydrogen-bond acceptors (Lipinski definition) is 3. The van der Waals surface area contributed by atoms with Crippen LogP contribution in [0.3, 0.4) is 0 Å². The van der Waals surface area contributed by atoms with Gasteiger partial charge in [-0.2, -0.15) is 5.26 Å². The average molecular weight is 200 g/mol. The largest absolute Gasteiger partial charge is 0.310 e. The van der Waals surface area contributed by atoms with Crippen molar-refractivity contribution in [2.45, 2.75) is 26.3 Å². The van der Waals surface area contributed by atoms with Crippen LogP contribution >= 0.6 is 0 Å². The van der Waals surface area contributed by atoms with Crippen LogP contribution in [0.25, 0.3) is 11.2 Å². The molecule has 0 amide bonds. The molecule has 2 heterocycles. The van der Waals surface area contributed by atoms with E-state index in [1.807, 2.05) is 4.57 Å². The Kier molecular flexibility index (Phi) is 1.97. The second-order valence-electron chi connectivity index (χ2n) is 4.46. The third-order valence-electron chi connectivity index (χ3n) is 2.24. The van der Waals surface area contributed by atoms with E-state index in [1.165, 1.54) is 0 Å². The maximum absolute atomic E-state index is 8.74. The lowest BCUT2D eigenvalue weighted by atomic mass is 10.1. The number of aromatic nitrogens is 3. The standard InChI is InChI=1S/C11H12N4/c1-11(2,3)15-7-14-9-4-8(5-12)6-13-10(9)15/h4,6-7H,1-3H3. The molecule has 2 aromatic heterocycles. The summed E-state index contributed by atoms with van der Waals surface area (Å²) in [4.78, 5) is 8.50. The molecule has 2 rings (SSSR count). The van der Waals surface area contributed by atoms with Crippen LogP contribution in [-0.2, 0) is 5.54 Å². The van der Waals surface area contributed by atoms with E-state index < -0.39 is 0 Å². The van der Waals surface area contributed by atoms with Gasteiger partial charge in [-0.1, -0.05) is 0 Å². The highest BCUT2D eigenvalue weighted by atomic mass is 15.1. The smallest absolute Gasteiger partial charge is 0.160 e. The van der Waals surface area contributed by atoms with Crippen molar-refractivity contribution >= 4 is 11.2 Å². The minimum absolute atomic E-state index is 0.0457. The van der Waals surface area contributed by atoms with E-state index in [9.17, 15) is 0 Å². The van der Waals surface area contributed by atoms with Gasteiger partial charge in [0.25, 0.3) is 0 Å². The number of pyridine rings is 1. The van der Waals surface area contributed by atoms with E-state index in [0.717, 1.165) is 11.2 Å². The van der Waals surface area contributed by atoms with Crippen LogP contribution in [0, 0.1) is 11.3 Å². The Hall–Kier alpha value is -1.89. The minimum Gasteiger partial charge on any atom is -0.310 e. The van der Waals surface area contributed by atoms with Crippen molar-refractivity contribution in [1.29, 1.82) is 5.26 Å². The molecule has 4 heteroatoms. The Bertz CT molecular complexity index is 540. The van der Waals surface area contributed by atoms with Crippen LogP contribution in [0.4, 0.5) is 0 Å². The topological polar surface area (TPSA) is 54.5 Å². The number of hydrogen-bond donors (Lipinski definition) is 0. The molecule has 0 aliphatic heterocycles. The summed E-state index contributed by atoms with van der Waals surface area (Å²) in [6.07, 6.45) is 3.34. The molecule has 0 bridgehead atoms. The van der Waals surface area contributed by atoms with Crippen molar-refractivity contribution in [3.05, 3.63) is 24.2 Å². The van der Waals surface area contributed by atoms with Crippen molar-refractivity contribution < 1.29 is 0 Å². The van der Waals surface area contributed by atoms with E-state index in [-0.39, 0.29) is 5.54 Å². The zero-order valence-electron chi connectivity index (χ0n) is 9.02. The van der Waals surface area contributed by atoms with Gasteiger partial charge in [-0.3, -0.25) is 0 Å². The first-order valence-corrected chi connectivity index (χ1v) is 4.76. The molecular formula is C11H12N4. The second kappa shape index (κ2) is 3.06. The van der Waals surface area contributed by atoms with Gasteiger partial charge in [0, 0.05) is 11.7 Å². The van der Waals surface area contributed by atoms with E-state index in [1.54, 1.807) is 18.6 Å². The molecule has 0 unspecified atom stereocenters. The van der Waals surface area contributed by atoms with Crippen LogP contribution in [0.2, 0.25) is 0 Å². The lowest BCUT2D eigenvalue weighted by molar-refractivity contribution is 0.406. The van der Waals surface area contributed by atoms with Crippen molar-refractivity contribution in [3.8, 4) is 6.07 Å². The third-order valence-corrected chi connectivity index (χ3v) is 2.24. The highest BCUT2D eigenvalue weighted by molar-refractivity contribution is 5.72. The maximum Gasteiger partial charge on any atom is 0.160 e. The van der Waals surface area contributed by atoms with Gasteiger partial charge in [-0.15, -0.1) is 0 Å². The lowest BCUT2D eigenvalue weighted by Crippen LogP contribution is -2.20. The number of imidazole rings is 1. The SMILES string of the molecule is CC(C)(C)n1cnc2cc(C#N)cnc21. The molecule has 0 fully saturated rings. The van der Waals surface area contributed by atoms with Crippen molar-refractivity contribution in [2.75, 3.05) is 0 Å². The quantitative estimate of drug-likeness (QED) is 0.654. The molecule has 0 saturated heterocycles. The zero-order valence-corrected chi connectivity index (χ0v) is 9.02. The summed E-state index contributed by atoms with van der Waals surface area (Å²) in [5, 5.41) is 8.74. The molecule has 15 heavy (non-hydrogen) atoms. The molecule has 76 valence electrons. The van der Waals surface area contributed by atoms with Crippen LogP contribution in [0.15, 0.2) is 18.6 Å².